The lowest BCUT2D eigenvalue weighted by Crippen LogP contribution is -2.28. The van der Waals surface area contributed by atoms with Gasteiger partial charge in [-0.2, -0.15) is 0 Å². The Morgan fingerprint density at radius 3 is 2.58 bits per heavy atom. The van der Waals surface area contributed by atoms with E-state index in [1.807, 2.05) is 0 Å². The molecule has 1 atom stereocenters. The summed E-state index contributed by atoms with van der Waals surface area (Å²) in [5.41, 5.74) is 0.938. The van der Waals surface area contributed by atoms with Crippen molar-refractivity contribution in [2.75, 3.05) is 12.3 Å². The second kappa shape index (κ2) is 7.78. The van der Waals surface area contributed by atoms with E-state index in [1.165, 1.54) is 12.1 Å². The van der Waals surface area contributed by atoms with Crippen molar-refractivity contribution in [3.05, 3.63) is 35.6 Å². The number of thioether (sulfide) groups is 1. The molecule has 0 aliphatic rings. The van der Waals surface area contributed by atoms with Gasteiger partial charge in [0.05, 0.1) is 11.0 Å². The molecule has 1 amide bonds. The zero-order valence-electron chi connectivity index (χ0n) is 10.6. The van der Waals surface area contributed by atoms with Crippen LogP contribution in [0.25, 0.3) is 0 Å². The summed E-state index contributed by atoms with van der Waals surface area (Å²) in [5, 5.41) is 10.8. The van der Waals surface area contributed by atoms with Gasteiger partial charge in [-0.15, -0.1) is 11.8 Å². The van der Waals surface area contributed by atoms with Crippen molar-refractivity contribution >= 4 is 23.6 Å². The van der Waals surface area contributed by atoms with Crippen molar-refractivity contribution in [3.63, 3.8) is 0 Å². The molecule has 0 aliphatic heterocycles. The Kier molecular flexibility index (Phi) is 6.35. The van der Waals surface area contributed by atoms with E-state index in [1.54, 1.807) is 19.1 Å². The summed E-state index contributed by atoms with van der Waals surface area (Å²) in [6.45, 7) is 1.99. The number of carboxylic acids is 1. The molecule has 1 aromatic carbocycles. The number of benzene rings is 1. The molecule has 1 aromatic rings. The highest BCUT2D eigenvalue weighted by molar-refractivity contribution is 8.01. The average molecular weight is 285 g/mol. The highest BCUT2D eigenvalue weighted by Crippen LogP contribution is 2.09. The molecule has 0 bridgehead atoms. The van der Waals surface area contributed by atoms with Crippen molar-refractivity contribution in [2.45, 2.75) is 18.6 Å². The zero-order chi connectivity index (χ0) is 14.3. The molecule has 6 heteroatoms. The topological polar surface area (TPSA) is 66.4 Å². The number of rotatable bonds is 7. The van der Waals surface area contributed by atoms with Crippen LogP contribution in [0.1, 0.15) is 12.5 Å². The number of hydrogen-bond acceptors (Lipinski definition) is 3. The van der Waals surface area contributed by atoms with Crippen LogP contribution in [-0.2, 0) is 16.0 Å². The quantitative estimate of drug-likeness (QED) is 0.800. The smallest absolute Gasteiger partial charge is 0.316 e. The molecule has 0 saturated heterocycles. The SMILES string of the molecule is C[C@H](SCC(=O)NCCc1ccc(F)cc1)C(=O)O. The third kappa shape index (κ3) is 6.24. The first-order valence-electron chi connectivity index (χ1n) is 5.84. The van der Waals surface area contributed by atoms with Gasteiger partial charge in [-0.3, -0.25) is 9.59 Å². The summed E-state index contributed by atoms with van der Waals surface area (Å²) >= 11 is 1.08. The minimum Gasteiger partial charge on any atom is -0.480 e. The number of carbonyl (C=O) groups excluding carboxylic acids is 1. The summed E-state index contributed by atoms with van der Waals surface area (Å²) in [5.74, 6) is -1.28. The Hall–Kier alpha value is -1.56. The molecule has 1 rings (SSSR count). The van der Waals surface area contributed by atoms with E-state index < -0.39 is 11.2 Å². The lowest BCUT2D eigenvalue weighted by molar-refractivity contribution is -0.136. The maximum Gasteiger partial charge on any atom is 0.316 e. The van der Waals surface area contributed by atoms with Crippen LogP contribution in [0.15, 0.2) is 24.3 Å². The first-order chi connectivity index (χ1) is 8.99. The van der Waals surface area contributed by atoms with Gasteiger partial charge in [-0.05, 0) is 31.0 Å². The number of hydrogen-bond donors (Lipinski definition) is 2. The summed E-state index contributed by atoms with van der Waals surface area (Å²) in [4.78, 5) is 22.0. The Morgan fingerprint density at radius 1 is 1.37 bits per heavy atom. The van der Waals surface area contributed by atoms with Gasteiger partial charge in [0.1, 0.15) is 5.82 Å². The van der Waals surface area contributed by atoms with Crippen molar-refractivity contribution in [1.29, 1.82) is 0 Å². The number of carbonyl (C=O) groups is 2. The highest BCUT2D eigenvalue weighted by atomic mass is 32.2. The van der Waals surface area contributed by atoms with Crippen molar-refractivity contribution in [2.24, 2.45) is 0 Å². The van der Waals surface area contributed by atoms with E-state index in [2.05, 4.69) is 5.32 Å². The van der Waals surface area contributed by atoms with Crippen LogP contribution in [0.3, 0.4) is 0 Å². The predicted octanol–water partition coefficient (Wildman–Crippen LogP) is 1.69. The lowest BCUT2D eigenvalue weighted by Gasteiger charge is -2.07. The normalized spacial score (nSPS) is 11.9. The van der Waals surface area contributed by atoms with E-state index >= 15 is 0 Å². The third-order valence-corrected chi connectivity index (χ3v) is 3.59. The van der Waals surface area contributed by atoms with E-state index in [0.29, 0.717) is 13.0 Å². The standard InChI is InChI=1S/C13H16FNO3S/c1-9(13(17)18)19-8-12(16)15-7-6-10-2-4-11(14)5-3-10/h2-5,9H,6-8H2,1H3,(H,15,16)(H,17,18)/t9-/m0/s1. The number of nitrogens with one attached hydrogen (secondary N) is 1. The van der Waals surface area contributed by atoms with Gasteiger partial charge in [-0.25, -0.2) is 4.39 Å². The van der Waals surface area contributed by atoms with Crippen LogP contribution < -0.4 is 5.32 Å². The van der Waals surface area contributed by atoms with Crippen molar-refractivity contribution in [3.8, 4) is 0 Å². The molecule has 2 N–H and O–H groups in total. The summed E-state index contributed by atoms with van der Waals surface area (Å²) in [6, 6.07) is 6.09. The molecule has 0 aliphatic carbocycles. The lowest BCUT2D eigenvalue weighted by atomic mass is 10.1. The summed E-state index contributed by atoms with van der Waals surface area (Å²) in [6.07, 6.45) is 0.616. The van der Waals surface area contributed by atoms with Crippen LogP contribution >= 0.6 is 11.8 Å². The molecule has 0 saturated carbocycles. The molecule has 0 radical (unpaired) electrons. The van der Waals surface area contributed by atoms with Gasteiger partial charge >= 0.3 is 5.97 Å². The first-order valence-corrected chi connectivity index (χ1v) is 6.89. The van der Waals surface area contributed by atoms with Gasteiger partial charge in [0, 0.05) is 6.54 Å². The van der Waals surface area contributed by atoms with Crippen molar-refractivity contribution < 1.29 is 19.1 Å². The average Bonchev–Trinajstić information content (AvgIpc) is 2.38. The Labute approximate surface area is 115 Å². The Morgan fingerprint density at radius 2 is 2.00 bits per heavy atom. The maximum absolute atomic E-state index is 12.7. The zero-order valence-corrected chi connectivity index (χ0v) is 11.4. The fourth-order valence-corrected chi connectivity index (χ4v) is 1.97. The van der Waals surface area contributed by atoms with E-state index in [4.69, 9.17) is 5.11 Å². The van der Waals surface area contributed by atoms with E-state index in [9.17, 15) is 14.0 Å². The summed E-state index contributed by atoms with van der Waals surface area (Å²) in [7, 11) is 0. The molecule has 0 unspecified atom stereocenters. The van der Waals surface area contributed by atoms with E-state index in [-0.39, 0.29) is 17.5 Å². The minimum atomic E-state index is -0.927. The third-order valence-electron chi connectivity index (χ3n) is 2.46. The maximum atomic E-state index is 12.7. The second-order valence-corrected chi connectivity index (χ2v) is 5.35. The molecule has 0 heterocycles. The largest absolute Gasteiger partial charge is 0.480 e. The Balaban J connectivity index is 2.20. The van der Waals surface area contributed by atoms with Crippen LogP contribution in [0, 0.1) is 5.82 Å². The molecule has 104 valence electrons. The molecular formula is C13H16FNO3S. The Bertz CT molecular complexity index is 436. The van der Waals surface area contributed by atoms with Gasteiger partial charge in [0.25, 0.3) is 0 Å². The molecule has 4 nitrogen and oxygen atoms in total. The molecule has 0 fully saturated rings. The number of carboxylic acid groups (broad SMARTS) is 1. The van der Waals surface area contributed by atoms with Gasteiger partial charge in [0.2, 0.25) is 5.91 Å². The highest BCUT2D eigenvalue weighted by Gasteiger charge is 2.13. The number of amides is 1. The molecular weight excluding hydrogens is 269 g/mol. The van der Waals surface area contributed by atoms with Crippen LogP contribution in [0.2, 0.25) is 0 Å². The number of aliphatic carboxylic acids is 1. The predicted molar refractivity (Wildman–Crippen MR) is 72.7 cm³/mol. The van der Waals surface area contributed by atoms with E-state index in [0.717, 1.165) is 17.3 Å². The van der Waals surface area contributed by atoms with Crippen LogP contribution in [0.4, 0.5) is 4.39 Å². The van der Waals surface area contributed by atoms with Crippen LogP contribution in [-0.4, -0.2) is 34.5 Å². The van der Waals surface area contributed by atoms with Gasteiger partial charge < -0.3 is 10.4 Å². The fourth-order valence-electron chi connectivity index (χ4n) is 1.32. The summed E-state index contributed by atoms with van der Waals surface area (Å²) < 4.78 is 12.7. The fraction of sp³-hybridized carbons (Fsp3) is 0.385. The van der Waals surface area contributed by atoms with Crippen LogP contribution in [0.5, 0.6) is 0 Å². The first kappa shape index (κ1) is 15.5. The molecule has 19 heavy (non-hydrogen) atoms. The molecule has 0 spiro atoms. The molecule has 0 aromatic heterocycles. The van der Waals surface area contributed by atoms with Gasteiger partial charge in [0.15, 0.2) is 0 Å². The number of halogens is 1. The second-order valence-electron chi connectivity index (χ2n) is 4.02. The van der Waals surface area contributed by atoms with Gasteiger partial charge in [-0.1, -0.05) is 12.1 Å². The van der Waals surface area contributed by atoms with Crippen molar-refractivity contribution in [1.82, 2.24) is 5.32 Å². The monoisotopic (exact) mass is 285 g/mol. The minimum absolute atomic E-state index is 0.122.